The molecule has 1 aromatic carbocycles. The van der Waals surface area contributed by atoms with E-state index in [0.717, 1.165) is 27.8 Å². The zero-order valence-corrected chi connectivity index (χ0v) is 16.3. The molecule has 0 aliphatic heterocycles. The van der Waals surface area contributed by atoms with Gasteiger partial charge in [0.25, 0.3) is 0 Å². The number of carbonyl (C=O) groups excluding carboxylic acids is 2. The number of Topliss-reactive ketones (excluding diaryl/α,β-unsaturated/α-hetero) is 1. The summed E-state index contributed by atoms with van der Waals surface area (Å²) < 4.78 is 11.8. The van der Waals surface area contributed by atoms with Crippen LogP contribution in [-0.4, -0.2) is 24.3 Å². The fourth-order valence-electron chi connectivity index (χ4n) is 4.17. The minimum atomic E-state index is -0.656. The van der Waals surface area contributed by atoms with Crippen LogP contribution in [0.3, 0.4) is 0 Å². The van der Waals surface area contributed by atoms with E-state index in [2.05, 4.69) is 6.92 Å². The first-order chi connectivity index (χ1) is 12.3. The SMILES string of the molecule is CCOc1cc2c(cc1OC(C)C)C(C)=C1C(C)=CC(=O)[C@@H](C(C)=O)[C@H]12. The molecule has 0 fully saturated rings. The third-order valence-electron chi connectivity index (χ3n) is 5.09. The van der Waals surface area contributed by atoms with Crippen molar-refractivity contribution in [2.24, 2.45) is 5.92 Å². The monoisotopic (exact) mass is 354 g/mol. The van der Waals surface area contributed by atoms with Crippen molar-refractivity contribution in [2.45, 2.75) is 53.6 Å². The molecule has 3 rings (SSSR count). The minimum absolute atomic E-state index is 0.0251. The average Bonchev–Trinajstić information content (AvgIpc) is 2.80. The Morgan fingerprint density at radius 2 is 1.88 bits per heavy atom. The molecule has 2 aliphatic carbocycles. The lowest BCUT2D eigenvalue weighted by Gasteiger charge is -2.28. The third-order valence-corrected chi connectivity index (χ3v) is 5.09. The van der Waals surface area contributed by atoms with Gasteiger partial charge in [-0.25, -0.2) is 0 Å². The number of allylic oxidation sites excluding steroid dienone is 4. The molecular formula is C22H26O4. The van der Waals surface area contributed by atoms with E-state index in [4.69, 9.17) is 9.47 Å². The Hall–Kier alpha value is -2.36. The van der Waals surface area contributed by atoms with E-state index >= 15 is 0 Å². The van der Waals surface area contributed by atoms with Crippen LogP contribution >= 0.6 is 0 Å². The molecule has 1 aromatic rings. The van der Waals surface area contributed by atoms with Crippen molar-refractivity contribution in [3.05, 3.63) is 40.5 Å². The molecule has 0 radical (unpaired) electrons. The van der Waals surface area contributed by atoms with Crippen LogP contribution in [-0.2, 0) is 9.59 Å². The largest absolute Gasteiger partial charge is 0.490 e. The van der Waals surface area contributed by atoms with Gasteiger partial charge in [-0.15, -0.1) is 0 Å². The zero-order chi connectivity index (χ0) is 19.2. The predicted molar refractivity (Wildman–Crippen MR) is 102 cm³/mol. The summed E-state index contributed by atoms with van der Waals surface area (Å²) in [6, 6.07) is 3.95. The van der Waals surface area contributed by atoms with Gasteiger partial charge in [-0.2, -0.15) is 0 Å². The van der Waals surface area contributed by atoms with Crippen molar-refractivity contribution in [2.75, 3.05) is 6.61 Å². The van der Waals surface area contributed by atoms with Crippen molar-refractivity contribution in [1.29, 1.82) is 0 Å². The molecule has 0 N–H and O–H groups in total. The van der Waals surface area contributed by atoms with Gasteiger partial charge in [-0.3, -0.25) is 9.59 Å². The van der Waals surface area contributed by atoms with Crippen LogP contribution in [0, 0.1) is 5.92 Å². The molecule has 2 aliphatic rings. The second kappa shape index (κ2) is 6.75. The highest BCUT2D eigenvalue weighted by Crippen LogP contribution is 2.53. The number of ether oxygens (including phenoxy) is 2. The molecule has 0 spiro atoms. The number of hydrogen-bond acceptors (Lipinski definition) is 4. The zero-order valence-electron chi connectivity index (χ0n) is 16.3. The molecule has 0 bridgehead atoms. The lowest BCUT2D eigenvalue weighted by molar-refractivity contribution is -0.129. The molecule has 26 heavy (non-hydrogen) atoms. The maximum absolute atomic E-state index is 12.6. The van der Waals surface area contributed by atoms with Crippen LogP contribution in [0.5, 0.6) is 11.5 Å². The van der Waals surface area contributed by atoms with E-state index in [0.29, 0.717) is 18.1 Å². The molecule has 2 atom stereocenters. The van der Waals surface area contributed by atoms with E-state index in [9.17, 15) is 9.59 Å². The van der Waals surface area contributed by atoms with Crippen LogP contribution < -0.4 is 9.47 Å². The topological polar surface area (TPSA) is 52.6 Å². The Kier molecular flexibility index (Phi) is 4.78. The fraction of sp³-hybridized carbons (Fsp3) is 0.455. The number of fused-ring (bicyclic) bond motifs is 3. The summed E-state index contributed by atoms with van der Waals surface area (Å²) in [7, 11) is 0. The van der Waals surface area contributed by atoms with Gasteiger partial charge in [0.15, 0.2) is 17.3 Å². The van der Waals surface area contributed by atoms with Crippen molar-refractivity contribution in [1.82, 2.24) is 0 Å². The summed E-state index contributed by atoms with van der Waals surface area (Å²) in [6.07, 6.45) is 1.64. The summed E-state index contributed by atoms with van der Waals surface area (Å²) in [5, 5.41) is 0. The van der Waals surface area contributed by atoms with E-state index in [1.54, 1.807) is 6.08 Å². The highest BCUT2D eigenvalue weighted by Gasteiger charge is 2.44. The standard InChI is InChI=1S/C22H26O4/c1-7-25-18-10-16-15(9-19(18)26-11(2)3)13(5)20-12(4)8-17(24)21(14(6)23)22(16)20/h8-11,21-22H,7H2,1-6H3/t21-,22+/m1/s1. The van der Waals surface area contributed by atoms with Gasteiger partial charge in [0.05, 0.1) is 18.6 Å². The maximum atomic E-state index is 12.6. The van der Waals surface area contributed by atoms with Crippen molar-refractivity contribution in [3.8, 4) is 11.5 Å². The normalized spacial score (nSPS) is 21.5. The average molecular weight is 354 g/mol. The molecule has 0 saturated carbocycles. The minimum Gasteiger partial charge on any atom is -0.490 e. The van der Waals surface area contributed by atoms with Gasteiger partial charge in [0, 0.05) is 5.92 Å². The third kappa shape index (κ3) is 2.87. The molecule has 0 amide bonds. The smallest absolute Gasteiger partial charge is 0.167 e. The Morgan fingerprint density at radius 1 is 1.19 bits per heavy atom. The molecule has 138 valence electrons. The van der Waals surface area contributed by atoms with E-state index in [1.807, 2.05) is 39.8 Å². The Morgan fingerprint density at radius 3 is 2.46 bits per heavy atom. The Balaban J connectivity index is 2.22. The summed E-state index contributed by atoms with van der Waals surface area (Å²) in [5.74, 6) is 0.276. The van der Waals surface area contributed by atoms with Gasteiger partial charge >= 0.3 is 0 Å². The number of carbonyl (C=O) groups is 2. The number of benzene rings is 1. The highest BCUT2D eigenvalue weighted by molar-refractivity contribution is 6.11. The molecular weight excluding hydrogens is 328 g/mol. The van der Waals surface area contributed by atoms with E-state index in [-0.39, 0.29) is 23.6 Å². The molecule has 0 saturated heterocycles. The highest BCUT2D eigenvalue weighted by atomic mass is 16.5. The first-order valence-electron chi connectivity index (χ1n) is 9.17. The van der Waals surface area contributed by atoms with E-state index < -0.39 is 5.92 Å². The van der Waals surface area contributed by atoms with Crippen LogP contribution in [0.4, 0.5) is 0 Å². The molecule has 4 heteroatoms. The van der Waals surface area contributed by atoms with Crippen molar-refractivity contribution in [3.63, 3.8) is 0 Å². The van der Waals surface area contributed by atoms with Crippen LogP contribution in [0.2, 0.25) is 0 Å². The van der Waals surface area contributed by atoms with Gasteiger partial charge in [0.1, 0.15) is 5.78 Å². The van der Waals surface area contributed by atoms with Crippen LogP contribution in [0.15, 0.2) is 29.4 Å². The first-order valence-corrected chi connectivity index (χ1v) is 9.17. The van der Waals surface area contributed by atoms with Crippen molar-refractivity contribution < 1.29 is 19.1 Å². The summed E-state index contributed by atoms with van der Waals surface area (Å²) in [4.78, 5) is 24.8. The Labute approximate surface area is 154 Å². The van der Waals surface area contributed by atoms with Gasteiger partial charge in [0.2, 0.25) is 0 Å². The van der Waals surface area contributed by atoms with Gasteiger partial charge in [-0.05, 0) is 87.6 Å². The van der Waals surface area contributed by atoms with Gasteiger partial charge < -0.3 is 9.47 Å². The van der Waals surface area contributed by atoms with Crippen LogP contribution in [0.1, 0.15) is 58.6 Å². The summed E-state index contributed by atoms with van der Waals surface area (Å²) in [6.45, 7) is 11.9. The van der Waals surface area contributed by atoms with E-state index in [1.165, 1.54) is 6.92 Å². The number of rotatable bonds is 5. The second-order valence-electron chi connectivity index (χ2n) is 7.32. The first kappa shape index (κ1) is 18.4. The van der Waals surface area contributed by atoms with Crippen molar-refractivity contribution >= 4 is 17.1 Å². The quantitative estimate of drug-likeness (QED) is 0.732. The predicted octanol–water partition coefficient (Wildman–Crippen LogP) is 4.48. The summed E-state index contributed by atoms with van der Waals surface area (Å²) >= 11 is 0. The molecule has 0 heterocycles. The Bertz CT molecular complexity index is 842. The molecule has 0 aromatic heterocycles. The lowest BCUT2D eigenvalue weighted by Crippen LogP contribution is -2.31. The van der Waals surface area contributed by atoms with Crippen LogP contribution in [0.25, 0.3) is 5.57 Å². The maximum Gasteiger partial charge on any atom is 0.167 e. The number of ketones is 2. The molecule has 4 nitrogen and oxygen atoms in total. The number of hydrogen-bond donors (Lipinski definition) is 0. The fourth-order valence-corrected chi connectivity index (χ4v) is 4.17. The lowest BCUT2D eigenvalue weighted by atomic mass is 9.72. The summed E-state index contributed by atoms with van der Waals surface area (Å²) in [5.41, 5.74) is 5.16. The van der Waals surface area contributed by atoms with Gasteiger partial charge in [-0.1, -0.05) is 0 Å². The second-order valence-corrected chi connectivity index (χ2v) is 7.32. The molecule has 0 unspecified atom stereocenters.